The second-order valence-electron chi connectivity index (χ2n) is 12.1. The number of likely N-dealkylation sites (N-methyl/N-ethyl adjacent to an activating group) is 1. The highest BCUT2D eigenvalue weighted by Gasteiger charge is 2.53. The van der Waals surface area contributed by atoms with E-state index < -0.39 is 11.6 Å². The molecule has 3 atom stereocenters. The fourth-order valence-corrected chi connectivity index (χ4v) is 7.12. The number of urea groups is 1. The van der Waals surface area contributed by atoms with Crippen LogP contribution in [0.5, 0.6) is 0 Å². The molecule has 3 aromatic rings. The molecule has 2 aromatic carbocycles. The number of carbonyl (C=O) groups excluding carboxylic acids is 4. The summed E-state index contributed by atoms with van der Waals surface area (Å²) >= 11 is 0. The number of amides is 5. The van der Waals surface area contributed by atoms with Crippen molar-refractivity contribution in [3.63, 3.8) is 0 Å². The third kappa shape index (κ3) is 5.54. The lowest BCUT2D eigenvalue weighted by molar-refractivity contribution is -0.130. The van der Waals surface area contributed by atoms with Crippen molar-refractivity contribution < 1.29 is 19.2 Å². The van der Waals surface area contributed by atoms with Crippen molar-refractivity contribution in [3.8, 4) is 0 Å². The number of benzene rings is 2. The lowest BCUT2D eigenvalue weighted by Crippen LogP contribution is -2.60. The molecule has 2 fully saturated rings. The van der Waals surface area contributed by atoms with Gasteiger partial charge in [0, 0.05) is 45.4 Å². The lowest BCUT2D eigenvalue weighted by Gasteiger charge is -2.36. The molecule has 3 aliphatic rings. The van der Waals surface area contributed by atoms with Crippen LogP contribution in [-0.4, -0.2) is 63.6 Å². The molecule has 0 bridgehead atoms. The van der Waals surface area contributed by atoms with Gasteiger partial charge in [0.15, 0.2) is 0 Å². The zero-order valence-corrected chi connectivity index (χ0v) is 25.1. The van der Waals surface area contributed by atoms with Crippen molar-refractivity contribution in [2.75, 3.05) is 18.9 Å². The van der Waals surface area contributed by atoms with Gasteiger partial charge in [-0.15, -0.1) is 0 Å². The van der Waals surface area contributed by atoms with E-state index in [2.05, 4.69) is 26.4 Å². The van der Waals surface area contributed by atoms with E-state index in [4.69, 9.17) is 0 Å². The van der Waals surface area contributed by atoms with Crippen molar-refractivity contribution >= 4 is 29.4 Å². The number of nitrogens with one attached hydrogen (secondary N) is 4. The summed E-state index contributed by atoms with van der Waals surface area (Å²) in [6.07, 6.45) is 7.15. The average Bonchev–Trinajstić information content (AvgIpc) is 3.76. The number of carbonyl (C=O) groups is 4. The highest BCUT2D eigenvalue weighted by atomic mass is 16.2. The molecule has 0 spiro atoms. The van der Waals surface area contributed by atoms with Crippen LogP contribution in [0.1, 0.15) is 65.3 Å². The maximum atomic E-state index is 13.7. The molecule has 0 radical (unpaired) electrons. The summed E-state index contributed by atoms with van der Waals surface area (Å²) in [5.41, 5.74) is 2.73. The fraction of sp³-hybridized carbons (Fsp3) is 0.424. The van der Waals surface area contributed by atoms with Crippen LogP contribution >= 0.6 is 0 Å². The molecule has 44 heavy (non-hydrogen) atoms. The molecule has 6 rings (SSSR count). The summed E-state index contributed by atoms with van der Waals surface area (Å²) in [5, 5.41) is 15.9. The van der Waals surface area contributed by atoms with Crippen molar-refractivity contribution in [1.82, 2.24) is 30.6 Å². The topological polar surface area (TPSA) is 137 Å². The first-order chi connectivity index (χ1) is 21.3. The van der Waals surface area contributed by atoms with Gasteiger partial charge in [0.05, 0.1) is 6.04 Å². The zero-order valence-electron chi connectivity index (χ0n) is 25.1. The highest BCUT2D eigenvalue weighted by molar-refractivity contribution is 6.01. The number of hydrogen-bond acceptors (Lipinski definition) is 5. The first-order valence-corrected chi connectivity index (χ1v) is 15.4. The van der Waals surface area contributed by atoms with Crippen molar-refractivity contribution in [2.45, 2.75) is 62.6 Å². The summed E-state index contributed by atoms with van der Waals surface area (Å²) in [6, 6.07) is 15.8. The van der Waals surface area contributed by atoms with Crippen molar-refractivity contribution in [1.29, 1.82) is 0 Å². The monoisotopic (exact) mass is 597 g/mol. The van der Waals surface area contributed by atoms with Crippen molar-refractivity contribution in [3.05, 3.63) is 83.2 Å². The predicted octanol–water partition coefficient (Wildman–Crippen LogP) is 3.09. The number of fused-ring (bicyclic) bond motifs is 1. The van der Waals surface area contributed by atoms with E-state index in [1.807, 2.05) is 48.5 Å². The quantitative estimate of drug-likeness (QED) is 0.316. The molecule has 2 aliphatic carbocycles. The van der Waals surface area contributed by atoms with Gasteiger partial charge in [-0.1, -0.05) is 55.7 Å². The van der Waals surface area contributed by atoms with Crippen LogP contribution < -0.4 is 21.3 Å². The van der Waals surface area contributed by atoms with Gasteiger partial charge in [-0.2, -0.15) is 5.10 Å². The van der Waals surface area contributed by atoms with Gasteiger partial charge in [0.25, 0.3) is 5.91 Å². The summed E-state index contributed by atoms with van der Waals surface area (Å²) in [7, 11) is 3.29. The van der Waals surface area contributed by atoms with E-state index in [1.54, 1.807) is 31.3 Å². The van der Waals surface area contributed by atoms with E-state index in [0.717, 1.165) is 48.8 Å². The van der Waals surface area contributed by atoms with Gasteiger partial charge in [0.1, 0.15) is 17.3 Å². The first-order valence-electron chi connectivity index (χ1n) is 15.4. The maximum Gasteiger partial charge on any atom is 0.318 e. The Morgan fingerprint density at radius 2 is 1.75 bits per heavy atom. The number of hydrogen-bond donors (Lipinski definition) is 4. The van der Waals surface area contributed by atoms with E-state index in [0.29, 0.717) is 30.8 Å². The van der Waals surface area contributed by atoms with Crippen LogP contribution in [0.25, 0.3) is 0 Å². The van der Waals surface area contributed by atoms with Crippen LogP contribution in [-0.2, 0) is 29.5 Å². The Morgan fingerprint density at radius 1 is 1.00 bits per heavy atom. The van der Waals surface area contributed by atoms with E-state index in [-0.39, 0.29) is 35.7 Å². The molecular formula is C33H39N7O4. The lowest BCUT2D eigenvalue weighted by atomic mass is 9.83. The van der Waals surface area contributed by atoms with E-state index in [1.165, 1.54) is 4.68 Å². The molecule has 230 valence electrons. The average molecular weight is 598 g/mol. The standard InChI is InChI=1S/C33H39N7O4/c1-34-31(43)33(40-20-26(37-32(40)44)21-9-5-3-6-10-21)18-23-13-14-25(17-24(23)19-33)36-30(42)28(22-11-7-4-8-12-22)38-29(41)27-15-16-35-39(27)2/h3,5-6,9-10,13-17,22,26,28H,4,7-8,11-12,18-20H2,1-2H3,(H,34,43)(H,36,42)(H,37,44)(H,38,41)/t26?,28-,33?/m0/s1. The number of rotatable bonds is 8. The molecule has 4 N–H and O–H groups in total. The second-order valence-corrected chi connectivity index (χ2v) is 12.1. The summed E-state index contributed by atoms with van der Waals surface area (Å²) in [6.45, 7) is 0.368. The number of nitrogens with zero attached hydrogens (tertiary/aromatic N) is 3. The van der Waals surface area contributed by atoms with E-state index in [9.17, 15) is 19.2 Å². The van der Waals surface area contributed by atoms with Crippen LogP contribution in [0, 0.1) is 5.92 Å². The Bertz CT molecular complexity index is 1570. The largest absolute Gasteiger partial charge is 0.357 e. The maximum absolute atomic E-state index is 13.7. The number of anilines is 1. The minimum Gasteiger partial charge on any atom is -0.357 e. The van der Waals surface area contributed by atoms with Gasteiger partial charge < -0.3 is 26.2 Å². The van der Waals surface area contributed by atoms with Gasteiger partial charge in [-0.25, -0.2) is 4.79 Å². The SMILES string of the molecule is CNC(=O)C1(N2CC(c3ccccc3)NC2=O)Cc2ccc(NC(=O)[C@@H](NC(=O)c3ccnn3C)C3CCCCC3)cc2C1. The molecule has 11 nitrogen and oxygen atoms in total. The van der Waals surface area contributed by atoms with Gasteiger partial charge in [0.2, 0.25) is 11.8 Å². The Hall–Kier alpha value is -4.67. The smallest absolute Gasteiger partial charge is 0.318 e. The van der Waals surface area contributed by atoms with Crippen LogP contribution in [0.3, 0.4) is 0 Å². The Morgan fingerprint density at radius 3 is 2.45 bits per heavy atom. The Balaban J connectivity index is 1.21. The molecule has 5 amide bonds. The third-order valence-electron chi connectivity index (χ3n) is 9.46. The molecule has 1 saturated heterocycles. The van der Waals surface area contributed by atoms with Crippen LogP contribution in [0.2, 0.25) is 0 Å². The first kappa shape index (κ1) is 29.4. The fourth-order valence-electron chi connectivity index (χ4n) is 7.12. The number of aromatic nitrogens is 2. The van der Waals surface area contributed by atoms with Gasteiger partial charge in [-0.05, 0) is 53.6 Å². The molecule has 1 aliphatic heterocycles. The molecule has 11 heteroatoms. The normalized spacial score (nSPS) is 22.2. The van der Waals surface area contributed by atoms with Gasteiger partial charge >= 0.3 is 6.03 Å². The highest BCUT2D eigenvalue weighted by Crippen LogP contribution is 2.39. The van der Waals surface area contributed by atoms with Crippen LogP contribution in [0.15, 0.2) is 60.8 Å². The molecule has 1 aromatic heterocycles. The Labute approximate surface area is 256 Å². The van der Waals surface area contributed by atoms with Crippen molar-refractivity contribution in [2.24, 2.45) is 13.0 Å². The second kappa shape index (κ2) is 12.1. The van der Waals surface area contributed by atoms with E-state index >= 15 is 0 Å². The molecular weight excluding hydrogens is 558 g/mol. The predicted molar refractivity (Wildman–Crippen MR) is 165 cm³/mol. The van der Waals surface area contributed by atoms with Crippen LogP contribution in [0.4, 0.5) is 10.5 Å². The third-order valence-corrected chi connectivity index (χ3v) is 9.46. The zero-order chi connectivity index (χ0) is 30.8. The number of aryl methyl sites for hydroxylation is 1. The minimum absolute atomic E-state index is 0.0301. The summed E-state index contributed by atoms with van der Waals surface area (Å²) < 4.78 is 1.49. The summed E-state index contributed by atoms with van der Waals surface area (Å²) in [4.78, 5) is 55.3. The minimum atomic E-state index is -1.09. The molecule has 1 saturated carbocycles. The molecule has 2 unspecified atom stereocenters. The summed E-state index contributed by atoms with van der Waals surface area (Å²) in [5.74, 6) is -0.800. The Kier molecular flexibility index (Phi) is 8.11. The van der Waals surface area contributed by atoms with Gasteiger partial charge in [-0.3, -0.25) is 19.1 Å². The molecule has 2 heterocycles.